The molecule has 0 saturated heterocycles. The van der Waals surface area contributed by atoms with Crippen molar-refractivity contribution in [2.75, 3.05) is 0 Å². The summed E-state index contributed by atoms with van der Waals surface area (Å²) in [4.78, 5) is 12.4. The summed E-state index contributed by atoms with van der Waals surface area (Å²) in [6, 6.07) is 16.4. The summed E-state index contributed by atoms with van der Waals surface area (Å²) in [5, 5.41) is 14.9. The fourth-order valence-corrected chi connectivity index (χ4v) is 2.12. The lowest BCUT2D eigenvalue weighted by Crippen LogP contribution is -2.23. The lowest BCUT2D eigenvalue weighted by Gasteiger charge is -2.09. The minimum Gasteiger partial charge on any atom is -0.390 e. The largest absolute Gasteiger partial charge is 0.390 e. The van der Waals surface area contributed by atoms with E-state index in [1.54, 1.807) is 18.2 Å². The van der Waals surface area contributed by atoms with Crippen molar-refractivity contribution in [1.82, 2.24) is 9.78 Å². The van der Waals surface area contributed by atoms with Crippen LogP contribution in [0.3, 0.4) is 0 Å². The predicted octanol–water partition coefficient (Wildman–Crippen LogP) is 1.88. The van der Waals surface area contributed by atoms with Gasteiger partial charge in [-0.2, -0.15) is 9.78 Å². The number of rotatable bonds is 2. The van der Waals surface area contributed by atoms with Gasteiger partial charge in [-0.15, -0.1) is 0 Å². The average molecular weight is 252 g/mol. The van der Waals surface area contributed by atoms with Gasteiger partial charge in [0.15, 0.2) is 0 Å². The Bertz CT molecular complexity index is 779. The summed E-state index contributed by atoms with van der Waals surface area (Å²) in [5.74, 6) is 0. The molecule has 0 aliphatic heterocycles. The molecule has 3 aromatic rings. The molecule has 1 heterocycles. The topological polar surface area (TPSA) is 55.1 Å². The predicted molar refractivity (Wildman–Crippen MR) is 73.3 cm³/mol. The Morgan fingerprint density at radius 3 is 2.26 bits per heavy atom. The maximum atomic E-state index is 12.4. The average Bonchev–Trinajstić information content (AvgIpc) is 2.49. The first-order valence-electron chi connectivity index (χ1n) is 5.98. The molecule has 0 spiro atoms. The second-order valence-electron chi connectivity index (χ2n) is 4.20. The van der Waals surface area contributed by atoms with E-state index in [4.69, 9.17) is 0 Å². The molecule has 0 bridgehead atoms. The number of hydrogen-bond acceptors (Lipinski definition) is 3. The van der Waals surface area contributed by atoms with E-state index >= 15 is 0 Å². The fourth-order valence-electron chi connectivity index (χ4n) is 2.12. The zero-order valence-electron chi connectivity index (χ0n) is 10.2. The number of aliphatic hydroxyl groups excluding tert-OH is 1. The van der Waals surface area contributed by atoms with Crippen LogP contribution in [0.25, 0.3) is 16.5 Å². The van der Waals surface area contributed by atoms with Crippen molar-refractivity contribution in [3.63, 3.8) is 0 Å². The Balaban J connectivity index is 2.39. The molecule has 4 heteroatoms. The van der Waals surface area contributed by atoms with E-state index in [9.17, 15) is 9.90 Å². The Hall–Kier alpha value is -2.46. The van der Waals surface area contributed by atoms with Crippen LogP contribution in [0.5, 0.6) is 0 Å². The summed E-state index contributed by atoms with van der Waals surface area (Å²) in [6.07, 6.45) is 0. The summed E-state index contributed by atoms with van der Waals surface area (Å²) in [7, 11) is 0. The second kappa shape index (κ2) is 4.66. The monoisotopic (exact) mass is 252 g/mol. The van der Waals surface area contributed by atoms with Crippen molar-refractivity contribution >= 4 is 10.8 Å². The van der Waals surface area contributed by atoms with Crippen LogP contribution in [-0.4, -0.2) is 14.9 Å². The van der Waals surface area contributed by atoms with Crippen molar-refractivity contribution in [1.29, 1.82) is 0 Å². The Morgan fingerprint density at radius 2 is 1.58 bits per heavy atom. The normalized spacial score (nSPS) is 10.8. The molecule has 1 aromatic heterocycles. The Labute approximate surface area is 109 Å². The molecule has 94 valence electrons. The van der Waals surface area contributed by atoms with E-state index in [1.807, 2.05) is 36.4 Å². The first kappa shape index (κ1) is 11.6. The summed E-state index contributed by atoms with van der Waals surface area (Å²) in [5.41, 5.74) is 1.01. The van der Waals surface area contributed by atoms with Gasteiger partial charge < -0.3 is 5.11 Å². The molecular formula is C15H12N2O2. The number of aliphatic hydroxyl groups is 1. The van der Waals surface area contributed by atoms with Gasteiger partial charge in [0.1, 0.15) is 0 Å². The molecule has 3 rings (SSSR count). The van der Waals surface area contributed by atoms with Crippen LogP contribution in [0.2, 0.25) is 0 Å². The first-order chi connectivity index (χ1) is 9.31. The van der Waals surface area contributed by atoms with Crippen molar-refractivity contribution in [3.8, 4) is 5.69 Å². The molecule has 4 nitrogen and oxygen atoms in total. The van der Waals surface area contributed by atoms with Gasteiger partial charge in [-0.25, -0.2) is 0 Å². The highest BCUT2D eigenvalue weighted by Crippen LogP contribution is 2.14. The van der Waals surface area contributed by atoms with Crippen LogP contribution in [0, 0.1) is 0 Å². The number of hydrogen-bond donors (Lipinski definition) is 1. The number of aromatic nitrogens is 2. The van der Waals surface area contributed by atoms with Gasteiger partial charge in [-0.3, -0.25) is 4.79 Å². The van der Waals surface area contributed by atoms with E-state index in [0.29, 0.717) is 22.2 Å². The standard InChI is InChI=1S/C15H12N2O2/c18-10-14-12-8-4-5-9-13(12)15(19)17(16-14)11-6-2-1-3-7-11/h1-9,18H,10H2. The van der Waals surface area contributed by atoms with E-state index in [0.717, 1.165) is 0 Å². The second-order valence-corrected chi connectivity index (χ2v) is 4.20. The minimum atomic E-state index is -0.201. The smallest absolute Gasteiger partial charge is 0.279 e. The zero-order chi connectivity index (χ0) is 13.2. The summed E-state index contributed by atoms with van der Waals surface area (Å²) in [6.45, 7) is -0.201. The third-order valence-electron chi connectivity index (χ3n) is 3.03. The molecule has 0 unspecified atom stereocenters. The number of fused-ring (bicyclic) bond motifs is 1. The van der Waals surface area contributed by atoms with E-state index in [1.165, 1.54) is 4.68 Å². The Morgan fingerprint density at radius 1 is 0.947 bits per heavy atom. The van der Waals surface area contributed by atoms with Crippen molar-refractivity contribution in [2.24, 2.45) is 0 Å². The van der Waals surface area contributed by atoms with Gasteiger partial charge in [0.2, 0.25) is 0 Å². The van der Waals surface area contributed by atoms with E-state index in [-0.39, 0.29) is 12.2 Å². The quantitative estimate of drug-likeness (QED) is 0.757. The molecule has 0 aliphatic carbocycles. The highest BCUT2D eigenvalue weighted by atomic mass is 16.3. The van der Waals surface area contributed by atoms with Gasteiger partial charge in [-0.1, -0.05) is 36.4 Å². The fraction of sp³-hybridized carbons (Fsp3) is 0.0667. The van der Waals surface area contributed by atoms with Gasteiger partial charge in [0, 0.05) is 5.39 Å². The van der Waals surface area contributed by atoms with Gasteiger partial charge in [-0.05, 0) is 18.2 Å². The first-order valence-corrected chi connectivity index (χ1v) is 5.98. The van der Waals surface area contributed by atoms with Crippen LogP contribution in [0.1, 0.15) is 5.69 Å². The van der Waals surface area contributed by atoms with Gasteiger partial charge in [0.25, 0.3) is 5.56 Å². The van der Waals surface area contributed by atoms with Crippen LogP contribution in [0.15, 0.2) is 59.4 Å². The molecule has 1 N–H and O–H groups in total. The van der Waals surface area contributed by atoms with Gasteiger partial charge in [0.05, 0.1) is 23.4 Å². The van der Waals surface area contributed by atoms with E-state index < -0.39 is 0 Å². The Kier molecular flexibility index (Phi) is 2.85. The van der Waals surface area contributed by atoms with Crippen LogP contribution in [0.4, 0.5) is 0 Å². The highest BCUT2D eigenvalue weighted by Gasteiger charge is 2.10. The molecule has 0 amide bonds. The van der Waals surface area contributed by atoms with Crippen molar-refractivity contribution in [2.45, 2.75) is 6.61 Å². The highest BCUT2D eigenvalue weighted by molar-refractivity contribution is 5.83. The zero-order valence-corrected chi connectivity index (χ0v) is 10.2. The molecule has 0 saturated carbocycles. The van der Waals surface area contributed by atoms with Crippen LogP contribution in [-0.2, 0) is 6.61 Å². The van der Waals surface area contributed by atoms with Crippen LogP contribution < -0.4 is 5.56 Å². The molecule has 0 aliphatic rings. The third-order valence-corrected chi connectivity index (χ3v) is 3.03. The molecule has 0 radical (unpaired) electrons. The lowest BCUT2D eigenvalue weighted by molar-refractivity contribution is 0.276. The number of benzene rings is 2. The third kappa shape index (κ3) is 1.92. The van der Waals surface area contributed by atoms with E-state index in [2.05, 4.69) is 5.10 Å². The molecular weight excluding hydrogens is 240 g/mol. The van der Waals surface area contributed by atoms with Crippen LogP contribution >= 0.6 is 0 Å². The summed E-state index contributed by atoms with van der Waals surface area (Å²) < 4.78 is 1.33. The van der Waals surface area contributed by atoms with Crippen molar-refractivity contribution in [3.05, 3.63) is 70.6 Å². The maximum absolute atomic E-state index is 12.4. The summed E-state index contributed by atoms with van der Waals surface area (Å²) >= 11 is 0. The molecule has 2 aromatic carbocycles. The maximum Gasteiger partial charge on any atom is 0.279 e. The molecule has 19 heavy (non-hydrogen) atoms. The molecule has 0 fully saturated rings. The SMILES string of the molecule is O=c1c2ccccc2c(CO)nn1-c1ccccc1. The van der Waals surface area contributed by atoms with Gasteiger partial charge >= 0.3 is 0 Å². The number of nitrogens with zero attached hydrogens (tertiary/aromatic N) is 2. The lowest BCUT2D eigenvalue weighted by atomic mass is 10.1. The van der Waals surface area contributed by atoms with Crippen molar-refractivity contribution < 1.29 is 5.11 Å². The number of para-hydroxylation sites is 1. The molecule has 0 atom stereocenters. The minimum absolute atomic E-state index is 0.181.